The maximum Gasteiger partial charge on any atom is 0.119 e. The molecule has 0 amide bonds. The van der Waals surface area contributed by atoms with Crippen molar-refractivity contribution in [1.82, 2.24) is 0 Å². The monoisotopic (exact) mass is 237 g/mol. The van der Waals surface area contributed by atoms with Crippen molar-refractivity contribution in [3.63, 3.8) is 0 Å². The van der Waals surface area contributed by atoms with E-state index in [1.165, 1.54) is 5.56 Å². The number of rotatable bonds is 8. The van der Waals surface area contributed by atoms with Crippen LogP contribution in [0.4, 0.5) is 0 Å². The van der Waals surface area contributed by atoms with Crippen molar-refractivity contribution in [1.29, 1.82) is 0 Å². The lowest BCUT2D eigenvalue weighted by molar-refractivity contribution is 0.266. The maximum atomic E-state index is 8.63. The Morgan fingerprint density at radius 1 is 1.18 bits per heavy atom. The Morgan fingerprint density at radius 2 is 1.88 bits per heavy atom. The van der Waals surface area contributed by atoms with E-state index < -0.39 is 0 Å². The van der Waals surface area contributed by atoms with E-state index in [1.807, 2.05) is 19.1 Å². The predicted molar refractivity (Wildman–Crippen MR) is 70.2 cm³/mol. The van der Waals surface area contributed by atoms with E-state index in [2.05, 4.69) is 12.1 Å². The summed E-state index contributed by atoms with van der Waals surface area (Å²) in [5.41, 5.74) is 6.98. The average molecular weight is 237 g/mol. The minimum atomic E-state index is 0.195. The van der Waals surface area contributed by atoms with E-state index >= 15 is 0 Å². The van der Waals surface area contributed by atoms with Gasteiger partial charge in [0.15, 0.2) is 0 Å². The van der Waals surface area contributed by atoms with Gasteiger partial charge in [-0.05, 0) is 50.3 Å². The molecular formula is C14H23NO2. The van der Waals surface area contributed by atoms with Gasteiger partial charge in [0.1, 0.15) is 5.75 Å². The summed E-state index contributed by atoms with van der Waals surface area (Å²) in [6.45, 7) is 2.99. The zero-order valence-electron chi connectivity index (χ0n) is 10.6. The summed E-state index contributed by atoms with van der Waals surface area (Å²) < 4.78 is 5.60. The van der Waals surface area contributed by atoms with Crippen molar-refractivity contribution in [3.8, 4) is 5.75 Å². The van der Waals surface area contributed by atoms with Gasteiger partial charge in [-0.1, -0.05) is 12.1 Å². The fraction of sp³-hybridized carbons (Fsp3) is 0.571. The lowest BCUT2D eigenvalue weighted by Gasteiger charge is -2.08. The molecule has 3 nitrogen and oxygen atoms in total. The van der Waals surface area contributed by atoms with Gasteiger partial charge >= 0.3 is 0 Å². The number of ether oxygens (including phenoxy) is 1. The highest BCUT2D eigenvalue weighted by Crippen LogP contribution is 2.13. The van der Waals surface area contributed by atoms with Crippen LogP contribution in [0.25, 0.3) is 0 Å². The van der Waals surface area contributed by atoms with Crippen molar-refractivity contribution < 1.29 is 9.84 Å². The fourth-order valence-electron chi connectivity index (χ4n) is 1.67. The lowest BCUT2D eigenvalue weighted by atomic mass is 10.1. The molecule has 3 heteroatoms. The van der Waals surface area contributed by atoms with Crippen LogP contribution in [0.1, 0.15) is 31.7 Å². The van der Waals surface area contributed by atoms with Crippen LogP contribution < -0.4 is 10.5 Å². The van der Waals surface area contributed by atoms with Crippen molar-refractivity contribution >= 4 is 0 Å². The van der Waals surface area contributed by atoms with Gasteiger partial charge in [0.05, 0.1) is 6.61 Å². The smallest absolute Gasteiger partial charge is 0.119 e. The highest BCUT2D eigenvalue weighted by atomic mass is 16.5. The van der Waals surface area contributed by atoms with Crippen LogP contribution in [-0.2, 0) is 6.42 Å². The third-order valence-corrected chi connectivity index (χ3v) is 2.55. The molecule has 1 aromatic rings. The normalized spacial score (nSPS) is 12.4. The highest BCUT2D eigenvalue weighted by molar-refractivity contribution is 5.27. The summed E-state index contributed by atoms with van der Waals surface area (Å²) in [6.07, 6.45) is 3.76. The number of aliphatic hydroxyl groups excluding tert-OH is 1. The van der Waals surface area contributed by atoms with Gasteiger partial charge in [-0.15, -0.1) is 0 Å². The number of hydrogen-bond acceptors (Lipinski definition) is 3. The second kappa shape index (κ2) is 8.09. The van der Waals surface area contributed by atoms with Gasteiger partial charge < -0.3 is 15.6 Å². The summed E-state index contributed by atoms with van der Waals surface area (Å²) in [5.74, 6) is 0.905. The second-order valence-electron chi connectivity index (χ2n) is 4.46. The van der Waals surface area contributed by atoms with Crippen LogP contribution in [0.5, 0.6) is 5.75 Å². The quantitative estimate of drug-likeness (QED) is 0.681. The van der Waals surface area contributed by atoms with Gasteiger partial charge in [-0.25, -0.2) is 0 Å². The van der Waals surface area contributed by atoms with Crippen molar-refractivity contribution in [2.45, 2.75) is 38.6 Å². The predicted octanol–water partition coefficient (Wildman–Crippen LogP) is 2.12. The van der Waals surface area contributed by atoms with Crippen LogP contribution in [-0.4, -0.2) is 24.4 Å². The number of benzene rings is 1. The van der Waals surface area contributed by atoms with Crippen LogP contribution in [0.15, 0.2) is 24.3 Å². The van der Waals surface area contributed by atoms with Gasteiger partial charge in [0, 0.05) is 12.6 Å². The third-order valence-electron chi connectivity index (χ3n) is 2.55. The highest BCUT2D eigenvalue weighted by Gasteiger charge is 1.99. The van der Waals surface area contributed by atoms with Crippen molar-refractivity contribution in [2.24, 2.45) is 5.73 Å². The Bertz CT molecular complexity index is 296. The lowest BCUT2D eigenvalue weighted by Crippen LogP contribution is -2.17. The summed E-state index contributed by atoms with van der Waals surface area (Å²) in [7, 11) is 0. The first-order valence-electron chi connectivity index (χ1n) is 6.30. The Morgan fingerprint density at radius 3 is 2.47 bits per heavy atom. The zero-order chi connectivity index (χ0) is 12.5. The third kappa shape index (κ3) is 6.29. The molecule has 0 bridgehead atoms. The number of unbranched alkanes of at least 4 members (excludes halogenated alkanes) is 2. The van der Waals surface area contributed by atoms with Gasteiger partial charge in [0.25, 0.3) is 0 Å². The zero-order valence-corrected chi connectivity index (χ0v) is 10.6. The van der Waals surface area contributed by atoms with Crippen LogP contribution in [0.2, 0.25) is 0 Å². The van der Waals surface area contributed by atoms with Crippen molar-refractivity contribution in [3.05, 3.63) is 29.8 Å². The molecule has 0 fully saturated rings. The summed E-state index contributed by atoms with van der Waals surface area (Å²) >= 11 is 0. The van der Waals surface area contributed by atoms with Crippen molar-refractivity contribution in [2.75, 3.05) is 13.2 Å². The largest absolute Gasteiger partial charge is 0.494 e. The molecular weight excluding hydrogens is 214 g/mol. The first-order valence-corrected chi connectivity index (χ1v) is 6.30. The van der Waals surface area contributed by atoms with E-state index in [4.69, 9.17) is 15.6 Å². The molecule has 0 spiro atoms. The molecule has 0 aliphatic heterocycles. The number of aliphatic hydroxyl groups is 1. The Hall–Kier alpha value is -1.06. The standard InChI is InChI=1S/C14H23NO2/c1-12(15)11-13-5-7-14(8-6-13)17-10-4-2-3-9-16/h5-8,12,16H,2-4,9-11,15H2,1H3. The molecule has 1 unspecified atom stereocenters. The molecule has 0 saturated carbocycles. The average Bonchev–Trinajstić information content (AvgIpc) is 2.30. The minimum absolute atomic E-state index is 0.195. The van der Waals surface area contributed by atoms with Gasteiger partial charge in [0.2, 0.25) is 0 Å². The molecule has 17 heavy (non-hydrogen) atoms. The van der Waals surface area contributed by atoms with Crippen LogP contribution >= 0.6 is 0 Å². The van der Waals surface area contributed by atoms with E-state index in [0.717, 1.165) is 31.4 Å². The van der Waals surface area contributed by atoms with Gasteiger partial charge in [-0.3, -0.25) is 0 Å². The summed E-state index contributed by atoms with van der Waals surface area (Å²) in [5, 5.41) is 8.63. The summed E-state index contributed by atoms with van der Waals surface area (Å²) in [4.78, 5) is 0. The molecule has 0 saturated heterocycles. The molecule has 0 radical (unpaired) electrons. The number of hydrogen-bond donors (Lipinski definition) is 2. The summed E-state index contributed by atoms with van der Waals surface area (Å²) in [6, 6.07) is 8.30. The molecule has 0 heterocycles. The van der Waals surface area contributed by atoms with E-state index in [9.17, 15) is 0 Å². The molecule has 0 aliphatic rings. The molecule has 0 aromatic heterocycles. The maximum absolute atomic E-state index is 8.63. The Kier molecular flexibility index (Phi) is 6.67. The van der Waals surface area contributed by atoms with E-state index in [0.29, 0.717) is 6.61 Å². The van der Waals surface area contributed by atoms with E-state index in [1.54, 1.807) is 0 Å². The molecule has 1 rings (SSSR count). The SMILES string of the molecule is CC(N)Cc1ccc(OCCCCCO)cc1. The van der Waals surface area contributed by atoms with Gasteiger partial charge in [-0.2, -0.15) is 0 Å². The first-order chi connectivity index (χ1) is 8.22. The molecule has 1 aromatic carbocycles. The molecule has 1 atom stereocenters. The topological polar surface area (TPSA) is 55.5 Å². The Balaban J connectivity index is 2.25. The van der Waals surface area contributed by atoms with E-state index in [-0.39, 0.29) is 12.6 Å². The Labute approximate surface area is 104 Å². The number of nitrogens with two attached hydrogens (primary N) is 1. The second-order valence-corrected chi connectivity index (χ2v) is 4.46. The van der Waals surface area contributed by atoms with Crippen LogP contribution in [0.3, 0.4) is 0 Å². The first kappa shape index (κ1) is 14.0. The van der Waals surface area contributed by atoms with Crippen LogP contribution in [0, 0.1) is 0 Å². The fourth-order valence-corrected chi connectivity index (χ4v) is 1.67. The molecule has 0 aliphatic carbocycles. The molecule has 96 valence electrons. The molecule has 3 N–H and O–H groups in total. The minimum Gasteiger partial charge on any atom is -0.494 e.